The van der Waals surface area contributed by atoms with Crippen molar-refractivity contribution in [2.24, 2.45) is 0 Å². The van der Waals surface area contributed by atoms with Gasteiger partial charge in [-0.3, -0.25) is 9.10 Å². The Balaban J connectivity index is 1.59. The number of anilines is 1. The molecule has 0 aromatic heterocycles. The van der Waals surface area contributed by atoms with Crippen LogP contribution in [-0.2, 0) is 25.0 Å². The van der Waals surface area contributed by atoms with E-state index < -0.39 is 10.0 Å². The maximum absolute atomic E-state index is 13.7. The van der Waals surface area contributed by atoms with Gasteiger partial charge in [0.2, 0.25) is 5.91 Å². The van der Waals surface area contributed by atoms with Crippen molar-refractivity contribution < 1.29 is 17.9 Å². The Labute approximate surface area is 208 Å². The van der Waals surface area contributed by atoms with Crippen LogP contribution in [0.1, 0.15) is 29.5 Å². The monoisotopic (exact) mass is 492 g/mol. The number of amides is 1. The van der Waals surface area contributed by atoms with Crippen molar-refractivity contribution in [3.05, 3.63) is 95.6 Å². The number of aryl methyl sites for hydroxylation is 2. The highest BCUT2D eigenvalue weighted by Crippen LogP contribution is 2.34. The molecule has 0 radical (unpaired) electrons. The highest BCUT2D eigenvalue weighted by Gasteiger charge is 2.35. The highest BCUT2D eigenvalue weighted by molar-refractivity contribution is 7.92. The molecule has 0 atom stereocenters. The molecular weight excluding hydrogens is 460 g/mol. The van der Waals surface area contributed by atoms with Crippen LogP contribution in [0.25, 0.3) is 0 Å². The molecule has 0 unspecified atom stereocenters. The van der Waals surface area contributed by atoms with Gasteiger partial charge < -0.3 is 10.1 Å². The number of nitrogens with one attached hydrogen (secondary N) is 1. The topological polar surface area (TPSA) is 75.7 Å². The predicted octanol–water partition coefficient (Wildman–Crippen LogP) is 4.36. The molecule has 1 aliphatic heterocycles. The van der Waals surface area contributed by atoms with Crippen LogP contribution in [0.4, 0.5) is 5.69 Å². The van der Waals surface area contributed by atoms with Gasteiger partial charge in [-0.15, -0.1) is 0 Å². The number of nitrogens with zero attached hydrogens (tertiary/aromatic N) is 1. The summed E-state index contributed by atoms with van der Waals surface area (Å²) in [5.74, 6) is -0.342. The van der Waals surface area contributed by atoms with Gasteiger partial charge in [0, 0.05) is 25.2 Å². The summed E-state index contributed by atoms with van der Waals surface area (Å²) in [6, 6.07) is 24.0. The van der Waals surface area contributed by atoms with E-state index in [1.54, 1.807) is 36.4 Å². The third-order valence-corrected chi connectivity index (χ3v) is 8.51. The summed E-state index contributed by atoms with van der Waals surface area (Å²) in [4.78, 5) is 13.4. The van der Waals surface area contributed by atoms with E-state index in [1.165, 1.54) is 4.31 Å². The Morgan fingerprint density at radius 1 is 0.914 bits per heavy atom. The molecule has 0 spiro atoms. The first kappa shape index (κ1) is 24.9. The van der Waals surface area contributed by atoms with Crippen LogP contribution in [0.2, 0.25) is 0 Å². The SMILES string of the molecule is Cc1ccc(S(=O)(=O)N(CC(=O)NCC2(c3ccccc3)CCOCC2)c2ccccc2C)cc1. The van der Waals surface area contributed by atoms with Gasteiger partial charge in [0.05, 0.1) is 10.6 Å². The second kappa shape index (κ2) is 10.6. The quantitative estimate of drug-likeness (QED) is 0.507. The minimum Gasteiger partial charge on any atom is -0.381 e. The van der Waals surface area contributed by atoms with Crippen LogP contribution >= 0.6 is 0 Å². The summed E-state index contributed by atoms with van der Waals surface area (Å²) in [5, 5.41) is 3.04. The van der Waals surface area contributed by atoms with Crippen molar-refractivity contribution in [1.82, 2.24) is 5.32 Å². The largest absolute Gasteiger partial charge is 0.381 e. The Hall–Kier alpha value is -3.16. The summed E-state index contributed by atoms with van der Waals surface area (Å²) < 4.78 is 34.1. The molecule has 3 aromatic carbocycles. The lowest BCUT2D eigenvalue weighted by Crippen LogP contribution is -2.48. The van der Waals surface area contributed by atoms with E-state index in [9.17, 15) is 13.2 Å². The van der Waals surface area contributed by atoms with Gasteiger partial charge in [-0.1, -0.05) is 66.2 Å². The maximum Gasteiger partial charge on any atom is 0.264 e. The van der Waals surface area contributed by atoms with E-state index in [1.807, 2.05) is 44.2 Å². The molecule has 1 saturated heterocycles. The van der Waals surface area contributed by atoms with Gasteiger partial charge in [-0.2, -0.15) is 0 Å². The first-order valence-corrected chi connectivity index (χ1v) is 13.3. The lowest BCUT2D eigenvalue weighted by Gasteiger charge is -2.38. The number of hydrogen-bond donors (Lipinski definition) is 1. The summed E-state index contributed by atoms with van der Waals surface area (Å²) in [5.41, 5.74) is 3.16. The van der Waals surface area contributed by atoms with E-state index in [-0.39, 0.29) is 22.8 Å². The zero-order chi connectivity index (χ0) is 24.9. The van der Waals surface area contributed by atoms with Crippen molar-refractivity contribution in [2.45, 2.75) is 37.0 Å². The molecule has 35 heavy (non-hydrogen) atoms. The molecule has 7 heteroatoms. The van der Waals surface area contributed by atoms with Crippen molar-refractivity contribution in [1.29, 1.82) is 0 Å². The third kappa shape index (κ3) is 5.57. The van der Waals surface area contributed by atoms with Gasteiger partial charge >= 0.3 is 0 Å². The first-order chi connectivity index (χ1) is 16.8. The summed E-state index contributed by atoms with van der Waals surface area (Å²) >= 11 is 0. The van der Waals surface area contributed by atoms with Gasteiger partial charge in [0.25, 0.3) is 10.0 Å². The molecule has 1 amide bonds. The van der Waals surface area contributed by atoms with Gasteiger partial charge in [0.15, 0.2) is 0 Å². The molecule has 1 N–H and O–H groups in total. The zero-order valence-corrected chi connectivity index (χ0v) is 21.1. The molecule has 1 fully saturated rings. The molecule has 6 nitrogen and oxygen atoms in total. The van der Waals surface area contributed by atoms with Crippen LogP contribution in [0, 0.1) is 13.8 Å². The first-order valence-electron chi connectivity index (χ1n) is 11.9. The number of carbonyl (C=O) groups excluding carboxylic acids is 1. The van der Waals surface area contributed by atoms with E-state index in [0.717, 1.165) is 29.5 Å². The summed E-state index contributed by atoms with van der Waals surface area (Å²) in [7, 11) is -3.95. The number of rotatable bonds is 8. The Morgan fingerprint density at radius 3 is 2.20 bits per heavy atom. The number of carbonyl (C=O) groups is 1. The van der Waals surface area contributed by atoms with Crippen LogP contribution in [0.3, 0.4) is 0 Å². The molecule has 1 aliphatic rings. The molecular formula is C28H32N2O4S. The van der Waals surface area contributed by atoms with E-state index in [2.05, 4.69) is 17.4 Å². The van der Waals surface area contributed by atoms with Crippen molar-refractivity contribution in [2.75, 3.05) is 30.6 Å². The lowest BCUT2D eigenvalue weighted by molar-refractivity contribution is -0.120. The summed E-state index contributed by atoms with van der Waals surface area (Å²) in [6.07, 6.45) is 1.58. The van der Waals surface area contributed by atoms with Crippen LogP contribution in [0.15, 0.2) is 83.8 Å². The van der Waals surface area contributed by atoms with Gasteiger partial charge in [-0.05, 0) is 56.0 Å². The lowest BCUT2D eigenvalue weighted by atomic mass is 9.74. The Morgan fingerprint density at radius 2 is 1.54 bits per heavy atom. The third-order valence-electron chi connectivity index (χ3n) is 6.74. The van der Waals surface area contributed by atoms with Crippen LogP contribution < -0.4 is 9.62 Å². The van der Waals surface area contributed by atoms with E-state index >= 15 is 0 Å². The van der Waals surface area contributed by atoms with Gasteiger partial charge in [-0.25, -0.2) is 8.42 Å². The van der Waals surface area contributed by atoms with E-state index in [4.69, 9.17) is 4.74 Å². The molecule has 1 heterocycles. The molecule has 0 saturated carbocycles. The molecule has 3 aromatic rings. The molecule has 184 valence electrons. The minimum atomic E-state index is -3.95. The molecule has 4 rings (SSSR count). The number of sulfonamides is 1. The number of benzene rings is 3. The smallest absolute Gasteiger partial charge is 0.264 e. The molecule has 0 aliphatic carbocycles. The number of hydrogen-bond acceptors (Lipinski definition) is 4. The average Bonchev–Trinajstić information content (AvgIpc) is 2.88. The normalized spacial score (nSPS) is 15.4. The van der Waals surface area contributed by atoms with Gasteiger partial charge in [0.1, 0.15) is 6.54 Å². The fourth-order valence-corrected chi connectivity index (χ4v) is 6.04. The number of ether oxygens (including phenoxy) is 1. The zero-order valence-electron chi connectivity index (χ0n) is 20.2. The minimum absolute atomic E-state index is 0.157. The summed E-state index contributed by atoms with van der Waals surface area (Å²) in [6.45, 7) is 5.12. The van der Waals surface area contributed by atoms with Crippen molar-refractivity contribution in [3.8, 4) is 0 Å². The van der Waals surface area contributed by atoms with E-state index in [0.29, 0.717) is 25.4 Å². The second-order valence-corrected chi connectivity index (χ2v) is 11.0. The Bertz CT molecular complexity index is 1250. The second-order valence-electron chi connectivity index (χ2n) is 9.15. The fourth-order valence-electron chi connectivity index (χ4n) is 4.56. The fraction of sp³-hybridized carbons (Fsp3) is 0.321. The van der Waals surface area contributed by atoms with Crippen molar-refractivity contribution in [3.63, 3.8) is 0 Å². The standard InChI is InChI=1S/C28H32N2O4S/c1-22-12-14-25(15-13-22)35(32,33)30(26-11-7-6-8-23(26)2)20-27(31)29-21-28(16-18-34-19-17-28)24-9-4-3-5-10-24/h3-15H,16-21H2,1-2H3,(H,29,31). The predicted molar refractivity (Wildman–Crippen MR) is 138 cm³/mol. The molecule has 0 bridgehead atoms. The Kier molecular flexibility index (Phi) is 7.57. The van der Waals surface area contributed by atoms with Crippen LogP contribution in [0.5, 0.6) is 0 Å². The van der Waals surface area contributed by atoms with Crippen molar-refractivity contribution >= 4 is 21.6 Å². The highest BCUT2D eigenvalue weighted by atomic mass is 32.2. The maximum atomic E-state index is 13.7. The van der Waals surface area contributed by atoms with Crippen LogP contribution in [-0.4, -0.2) is 40.6 Å². The average molecular weight is 493 g/mol. The number of para-hydroxylation sites is 1.